The monoisotopic (exact) mass is 361 g/mol. The fourth-order valence-corrected chi connectivity index (χ4v) is 1.81. The van der Waals surface area contributed by atoms with Gasteiger partial charge in [0.2, 0.25) is 0 Å². The summed E-state index contributed by atoms with van der Waals surface area (Å²) in [5.41, 5.74) is 0.181. The number of halogens is 1. The maximum absolute atomic E-state index is 11.6. The summed E-state index contributed by atoms with van der Waals surface area (Å²) in [4.78, 5) is 32.3. The average Bonchev–Trinajstić information content (AvgIpc) is 2.41. The molecule has 9 nitrogen and oxygen atoms in total. The lowest BCUT2D eigenvalue weighted by Gasteiger charge is -2.12. The fraction of sp³-hybridized carbons (Fsp3) is 0.273. The van der Waals surface area contributed by atoms with Crippen LogP contribution in [-0.4, -0.2) is 41.8 Å². The summed E-state index contributed by atoms with van der Waals surface area (Å²) in [6.45, 7) is -0.220. The first-order chi connectivity index (χ1) is 9.85. The molecule has 1 unspecified atom stereocenters. The highest BCUT2D eigenvalue weighted by atomic mass is 79.9. The van der Waals surface area contributed by atoms with Gasteiger partial charge < -0.3 is 20.5 Å². The lowest BCUT2D eigenvalue weighted by molar-refractivity contribution is -0.384. The number of hydrogen-bond acceptors (Lipinski definition) is 5. The smallest absolute Gasteiger partial charge is 0.334 e. The highest BCUT2D eigenvalue weighted by Gasteiger charge is 2.17. The topological polar surface area (TPSA) is 131 Å². The number of carbonyl (C=O) groups is 2. The number of anilines is 1. The number of carboxylic acid groups (broad SMARTS) is 1. The van der Waals surface area contributed by atoms with Gasteiger partial charge in [0.1, 0.15) is 0 Å². The molecule has 0 saturated heterocycles. The number of carbonyl (C=O) groups excluding carboxylic acids is 1. The van der Waals surface area contributed by atoms with Crippen molar-refractivity contribution >= 4 is 39.3 Å². The summed E-state index contributed by atoms with van der Waals surface area (Å²) >= 11 is 3.10. The second kappa shape index (κ2) is 7.55. The van der Waals surface area contributed by atoms with Gasteiger partial charge in [-0.15, -0.1) is 0 Å². The van der Waals surface area contributed by atoms with Gasteiger partial charge in [-0.3, -0.25) is 10.1 Å². The number of aliphatic carboxylic acids is 1. The van der Waals surface area contributed by atoms with Crippen molar-refractivity contribution in [1.82, 2.24) is 5.32 Å². The molecule has 0 saturated carbocycles. The quantitative estimate of drug-likeness (QED) is 0.520. The highest BCUT2D eigenvalue weighted by Crippen LogP contribution is 2.26. The molecular weight excluding hydrogens is 350 g/mol. The van der Waals surface area contributed by atoms with Gasteiger partial charge in [0, 0.05) is 23.7 Å². The standard InChI is InChI=1S/C11H12BrN3O6/c1-21-9(10(16)17)5-13-11(18)14-8-3-2-6(15(19)20)4-7(8)12/h2-4,9H,5H2,1H3,(H,16,17)(H2,13,14,18). The molecule has 2 amide bonds. The first kappa shape index (κ1) is 16.9. The van der Waals surface area contributed by atoms with Crippen LogP contribution in [0.25, 0.3) is 0 Å². The van der Waals surface area contributed by atoms with E-state index in [1.54, 1.807) is 0 Å². The van der Waals surface area contributed by atoms with E-state index in [1.165, 1.54) is 25.3 Å². The van der Waals surface area contributed by atoms with Gasteiger partial charge in [0.25, 0.3) is 5.69 Å². The Bertz CT molecular complexity index is 565. The number of rotatable bonds is 6. The van der Waals surface area contributed by atoms with E-state index in [0.29, 0.717) is 10.2 Å². The van der Waals surface area contributed by atoms with Crippen molar-refractivity contribution < 1.29 is 24.4 Å². The highest BCUT2D eigenvalue weighted by molar-refractivity contribution is 9.10. The van der Waals surface area contributed by atoms with E-state index in [-0.39, 0.29) is 12.2 Å². The molecule has 1 aromatic carbocycles. The van der Waals surface area contributed by atoms with E-state index in [4.69, 9.17) is 5.11 Å². The SMILES string of the molecule is COC(CNC(=O)Nc1ccc([N+](=O)[O-])cc1Br)C(=O)O. The van der Waals surface area contributed by atoms with Gasteiger partial charge in [-0.25, -0.2) is 9.59 Å². The molecule has 1 rings (SSSR count). The number of hydrogen-bond donors (Lipinski definition) is 3. The number of nitrogens with one attached hydrogen (secondary N) is 2. The zero-order chi connectivity index (χ0) is 16.0. The van der Waals surface area contributed by atoms with Crippen LogP contribution in [0.3, 0.4) is 0 Å². The molecule has 0 aliphatic heterocycles. The number of urea groups is 1. The van der Waals surface area contributed by atoms with Crippen molar-refractivity contribution in [3.05, 3.63) is 32.8 Å². The van der Waals surface area contributed by atoms with Crippen LogP contribution in [0.5, 0.6) is 0 Å². The van der Waals surface area contributed by atoms with Gasteiger partial charge in [-0.1, -0.05) is 0 Å². The molecule has 3 N–H and O–H groups in total. The first-order valence-electron chi connectivity index (χ1n) is 5.59. The Morgan fingerprint density at radius 3 is 2.67 bits per heavy atom. The molecule has 0 heterocycles. The normalized spacial score (nSPS) is 11.5. The molecule has 0 aliphatic carbocycles. The number of benzene rings is 1. The van der Waals surface area contributed by atoms with Crippen molar-refractivity contribution in [3.63, 3.8) is 0 Å². The van der Waals surface area contributed by atoms with Gasteiger partial charge in [-0.2, -0.15) is 0 Å². The summed E-state index contributed by atoms with van der Waals surface area (Å²) < 4.78 is 4.98. The van der Waals surface area contributed by atoms with Crippen LogP contribution in [0.1, 0.15) is 0 Å². The molecule has 0 fully saturated rings. The third kappa shape index (κ3) is 5.00. The van der Waals surface area contributed by atoms with E-state index in [2.05, 4.69) is 31.3 Å². The second-order valence-corrected chi connectivity index (χ2v) is 4.67. The van der Waals surface area contributed by atoms with Crippen molar-refractivity contribution in [2.45, 2.75) is 6.10 Å². The number of amides is 2. The summed E-state index contributed by atoms with van der Waals surface area (Å²) in [5, 5.41) is 24.1. The predicted molar refractivity (Wildman–Crippen MR) is 76.3 cm³/mol. The van der Waals surface area contributed by atoms with Crippen LogP contribution in [0.2, 0.25) is 0 Å². The van der Waals surface area contributed by atoms with E-state index < -0.39 is 23.0 Å². The molecule has 114 valence electrons. The van der Waals surface area contributed by atoms with E-state index in [0.717, 1.165) is 0 Å². The Morgan fingerprint density at radius 1 is 1.52 bits per heavy atom. The summed E-state index contributed by atoms with van der Waals surface area (Å²) in [6, 6.07) is 3.17. The van der Waals surface area contributed by atoms with Gasteiger partial charge >= 0.3 is 12.0 Å². The molecule has 0 aliphatic rings. The molecule has 0 aromatic heterocycles. The lowest BCUT2D eigenvalue weighted by atomic mass is 10.3. The van der Waals surface area contributed by atoms with E-state index in [9.17, 15) is 19.7 Å². The lowest BCUT2D eigenvalue weighted by Crippen LogP contribution is -2.39. The molecule has 0 spiro atoms. The minimum Gasteiger partial charge on any atom is -0.479 e. The van der Waals surface area contributed by atoms with Crippen molar-refractivity contribution in [2.24, 2.45) is 0 Å². The zero-order valence-corrected chi connectivity index (χ0v) is 12.4. The minimum absolute atomic E-state index is 0.127. The van der Waals surface area contributed by atoms with Crippen molar-refractivity contribution in [3.8, 4) is 0 Å². The second-order valence-electron chi connectivity index (χ2n) is 3.82. The third-order valence-electron chi connectivity index (χ3n) is 2.42. The largest absolute Gasteiger partial charge is 0.479 e. The van der Waals surface area contributed by atoms with Crippen LogP contribution in [0.4, 0.5) is 16.2 Å². The van der Waals surface area contributed by atoms with Crippen LogP contribution in [-0.2, 0) is 9.53 Å². The summed E-state index contributed by atoms with van der Waals surface area (Å²) in [6.07, 6.45) is -1.16. The minimum atomic E-state index is -1.20. The Hall–Kier alpha value is -2.20. The molecular formula is C11H12BrN3O6. The number of nitrogens with zero attached hydrogens (tertiary/aromatic N) is 1. The summed E-state index contributed by atoms with van der Waals surface area (Å²) in [7, 11) is 1.21. The Balaban J connectivity index is 2.63. The van der Waals surface area contributed by atoms with Crippen LogP contribution >= 0.6 is 15.9 Å². The van der Waals surface area contributed by atoms with Gasteiger partial charge in [-0.05, 0) is 22.0 Å². The molecule has 1 atom stereocenters. The van der Waals surface area contributed by atoms with Crippen molar-refractivity contribution in [1.29, 1.82) is 0 Å². The van der Waals surface area contributed by atoms with Crippen molar-refractivity contribution in [2.75, 3.05) is 19.0 Å². The van der Waals surface area contributed by atoms with Gasteiger partial charge in [0.15, 0.2) is 6.10 Å². The maximum atomic E-state index is 11.6. The molecule has 0 radical (unpaired) electrons. The van der Waals surface area contributed by atoms with E-state index in [1.807, 2.05) is 0 Å². The number of non-ortho nitro benzene ring substituents is 1. The summed E-state index contributed by atoms with van der Waals surface area (Å²) in [5.74, 6) is -1.20. The number of carboxylic acids is 1. The number of nitro benzene ring substituents is 1. The molecule has 21 heavy (non-hydrogen) atoms. The van der Waals surface area contributed by atoms with Crippen LogP contribution in [0.15, 0.2) is 22.7 Å². The predicted octanol–water partition coefficient (Wildman–Crippen LogP) is 1.58. The Kier molecular flexibility index (Phi) is 6.06. The van der Waals surface area contributed by atoms with Gasteiger partial charge in [0.05, 0.1) is 17.2 Å². The molecule has 10 heteroatoms. The van der Waals surface area contributed by atoms with E-state index >= 15 is 0 Å². The van der Waals surface area contributed by atoms with Crippen LogP contribution in [0, 0.1) is 10.1 Å². The zero-order valence-electron chi connectivity index (χ0n) is 10.8. The maximum Gasteiger partial charge on any atom is 0.334 e. The Labute approximate surface area is 127 Å². The number of methoxy groups -OCH3 is 1. The number of nitro groups is 1. The fourth-order valence-electron chi connectivity index (χ4n) is 1.34. The third-order valence-corrected chi connectivity index (χ3v) is 3.08. The number of ether oxygens (including phenoxy) is 1. The Morgan fingerprint density at radius 2 is 2.19 bits per heavy atom. The van der Waals surface area contributed by atoms with Crippen LogP contribution < -0.4 is 10.6 Å². The molecule has 1 aromatic rings. The first-order valence-corrected chi connectivity index (χ1v) is 6.39. The molecule has 0 bridgehead atoms. The average molecular weight is 362 g/mol.